The van der Waals surface area contributed by atoms with Crippen molar-refractivity contribution in [2.75, 3.05) is 7.11 Å². The van der Waals surface area contributed by atoms with Gasteiger partial charge in [0.05, 0.1) is 18.9 Å². The van der Waals surface area contributed by atoms with Crippen LogP contribution in [0.4, 0.5) is 0 Å². The number of methoxy groups -OCH3 is 1. The van der Waals surface area contributed by atoms with Gasteiger partial charge in [-0.05, 0) is 43.2 Å². The number of hydrogen-bond acceptors (Lipinski definition) is 4. The zero-order valence-corrected chi connectivity index (χ0v) is 13.0. The van der Waals surface area contributed by atoms with E-state index in [9.17, 15) is 4.79 Å². The predicted molar refractivity (Wildman–Crippen MR) is 86.5 cm³/mol. The Bertz CT molecular complexity index is 946. The van der Waals surface area contributed by atoms with Gasteiger partial charge in [-0.25, -0.2) is 9.50 Å². The van der Waals surface area contributed by atoms with Gasteiger partial charge in [-0.2, -0.15) is 5.26 Å². The average molecular weight is 308 g/mol. The summed E-state index contributed by atoms with van der Waals surface area (Å²) < 4.78 is 6.58. The quantitative estimate of drug-likeness (QED) is 0.802. The van der Waals surface area contributed by atoms with Crippen molar-refractivity contribution in [2.24, 2.45) is 0 Å². The van der Waals surface area contributed by atoms with Crippen LogP contribution < -0.4 is 10.3 Å². The molecule has 6 nitrogen and oxygen atoms in total. The van der Waals surface area contributed by atoms with Crippen molar-refractivity contribution < 1.29 is 4.74 Å². The zero-order valence-electron chi connectivity index (χ0n) is 13.0. The van der Waals surface area contributed by atoms with Crippen LogP contribution in [-0.4, -0.2) is 21.7 Å². The number of aromatic amines is 1. The standard InChI is InChI=1S/C17H16N4O2/c1-11-14(4-3-9-18)17(22)21-16(19-11)10-15(20-21)12-5-7-13(23-2)8-6-12/h5-8,10,20H,3-4H2,1-2H3. The molecule has 0 aliphatic rings. The van der Waals surface area contributed by atoms with Crippen molar-refractivity contribution in [3.63, 3.8) is 0 Å². The molecule has 6 heteroatoms. The van der Waals surface area contributed by atoms with E-state index in [1.54, 1.807) is 14.0 Å². The first-order valence-corrected chi connectivity index (χ1v) is 7.26. The molecule has 2 heterocycles. The number of aryl methyl sites for hydroxylation is 1. The number of hydrogen-bond donors (Lipinski definition) is 1. The minimum atomic E-state index is -0.150. The van der Waals surface area contributed by atoms with Gasteiger partial charge in [-0.3, -0.25) is 9.89 Å². The van der Waals surface area contributed by atoms with Crippen LogP contribution in [0.1, 0.15) is 17.7 Å². The highest BCUT2D eigenvalue weighted by molar-refractivity contribution is 5.64. The fraction of sp³-hybridized carbons (Fsp3) is 0.235. The summed E-state index contributed by atoms with van der Waals surface area (Å²) in [6.45, 7) is 1.80. The molecule has 0 spiro atoms. The minimum absolute atomic E-state index is 0.150. The van der Waals surface area contributed by atoms with Gasteiger partial charge in [-0.15, -0.1) is 0 Å². The highest BCUT2D eigenvalue weighted by Crippen LogP contribution is 2.22. The summed E-state index contributed by atoms with van der Waals surface area (Å²) in [5.74, 6) is 0.773. The lowest BCUT2D eigenvalue weighted by Crippen LogP contribution is -2.21. The molecule has 0 unspecified atom stereocenters. The van der Waals surface area contributed by atoms with E-state index in [0.29, 0.717) is 29.7 Å². The van der Waals surface area contributed by atoms with Crippen LogP contribution in [0.3, 0.4) is 0 Å². The van der Waals surface area contributed by atoms with E-state index in [2.05, 4.69) is 16.2 Å². The fourth-order valence-corrected chi connectivity index (χ4v) is 2.56. The van der Waals surface area contributed by atoms with E-state index >= 15 is 0 Å². The van der Waals surface area contributed by atoms with Crippen LogP contribution in [0.2, 0.25) is 0 Å². The van der Waals surface area contributed by atoms with E-state index < -0.39 is 0 Å². The summed E-state index contributed by atoms with van der Waals surface area (Å²) in [6.07, 6.45) is 0.712. The van der Waals surface area contributed by atoms with Gasteiger partial charge in [-0.1, -0.05) is 0 Å². The van der Waals surface area contributed by atoms with Gasteiger partial charge >= 0.3 is 0 Å². The molecule has 1 N–H and O–H groups in total. The van der Waals surface area contributed by atoms with Gasteiger partial charge in [0.1, 0.15) is 5.75 Å². The Morgan fingerprint density at radius 1 is 1.35 bits per heavy atom. The van der Waals surface area contributed by atoms with E-state index in [1.165, 1.54) is 4.52 Å². The Morgan fingerprint density at radius 2 is 2.09 bits per heavy atom. The van der Waals surface area contributed by atoms with Crippen LogP contribution in [0.15, 0.2) is 35.1 Å². The van der Waals surface area contributed by atoms with Gasteiger partial charge in [0.25, 0.3) is 5.56 Å². The van der Waals surface area contributed by atoms with E-state index in [4.69, 9.17) is 10.00 Å². The predicted octanol–water partition coefficient (Wildman–Crippen LogP) is 2.46. The van der Waals surface area contributed by atoms with Crippen molar-refractivity contribution in [2.45, 2.75) is 19.8 Å². The molecule has 0 radical (unpaired) electrons. The second-order valence-corrected chi connectivity index (χ2v) is 5.23. The zero-order chi connectivity index (χ0) is 16.4. The first kappa shape index (κ1) is 14.9. The molecule has 23 heavy (non-hydrogen) atoms. The number of H-pyrrole nitrogens is 1. The topological polar surface area (TPSA) is 83.2 Å². The Morgan fingerprint density at radius 3 is 2.74 bits per heavy atom. The lowest BCUT2D eigenvalue weighted by Gasteiger charge is -2.03. The summed E-state index contributed by atoms with van der Waals surface area (Å²) in [5.41, 5.74) is 3.40. The third-order valence-corrected chi connectivity index (χ3v) is 3.80. The Kier molecular flexibility index (Phi) is 3.85. The van der Waals surface area contributed by atoms with Crippen LogP contribution in [0.5, 0.6) is 5.75 Å². The fourth-order valence-electron chi connectivity index (χ4n) is 2.56. The third kappa shape index (κ3) is 2.69. The molecule has 2 aromatic heterocycles. The molecule has 116 valence electrons. The molecular weight excluding hydrogens is 292 g/mol. The number of aromatic nitrogens is 3. The maximum atomic E-state index is 12.6. The summed E-state index contributed by atoms with van der Waals surface area (Å²) in [5, 5.41) is 11.8. The van der Waals surface area contributed by atoms with Crippen LogP contribution in [0, 0.1) is 18.3 Å². The Hall–Kier alpha value is -3.07. The molecule has 0 atom stereocenters. The summed E-state index contributed by atoms with van der Waals surface area (Å²) in [4.78, 5) is 17.0. The number of nitrogens with one attached hydrogen (secondary N) is 1. The molecule has 0 aliphatic heterocycles. The Balaban J connectivity index is 2.09. The van der Waals surface area contributed by atoms with Crippen molar-refractivity contribution in [3.05, 3.63) is 51.9 Å². The molecule has 0 saturated heterocycles. The summed E-state index contributed by atoms with van der Waals surface area (Å²) in [6, 6.07) is 11.5. The first-order valence-electron chi connectivity index (χ1n) is 7.26. The van der Waals surface area contributed by atoms with Crippen molar-refractivity contribution >= 4 is 5.65 Å². The number of ether oxygens (including phenoxy) is 1. The lowest BCUT2D eigenvalue weighted by atomic mass is 10.1. The van der Waals surface area contributed by atoms with Crippen LogP contribution in [-0.2, 0) is 6.42 Å². The maximum absolute atomic E-state index is 12.6. The molecule has 0 bridgehead atoms. The molecule has 3 rings (SSSR count). The Labute approximate surface area is 133 Å². The van der Waals surface area contributed by atoms with Gasteiger partial charge < -0.3 is 4.74 Å². The van der Waals surface area contributed by atoms with Gasteiger partial charge in [0.15, 0.2) is 5.65 Å². The second kappa shape index (κ2) is 5.97. The van der Waals surface area contributed by atoms with E-state index in [0.717, 1.165) is 17.0 Å². The number of nitriles is 1. The van der Waals surface area contributed by atoms with Gasteiger partial charge in [0, 0.05) is 23.7 Å². The van der Waals surface area contributed by atoms with E-state index in [1.807, 2.05) is 30.3 Å². The highest BCUT2D eigenvalue weighted by atomic mass is 16.5. The molecule has 0 aliphatic carbocycles. The maximum Gasteiger partial charge on any atom is 0.276 e. The molecule has 1 aromatic carbocycles. The highest BCUT2D eigenvalue weighted by Gasteiger charge is 2.12. The normalized spacial score (nSPS) is 10.7. The number of rotatable bonds is 4. The van der Waals surface area contributed by atoms with Crippen molar-refractivity contribution in [3.8, 4) is 23.1 Å². The average Bonchev–Trinajstić information content (AvgIpc) is 2.99. The van der Waals surface area contributed by atoms with Crippen molar-refractivity contribution in [1.29, 1.82) is 5.26 Å². The lowest BCUT2D eigenvalue weighted by molar-refractivity contribution is 0.415. The number of nitrogens with zero attached hydrogens (tertiary/aromatic N) is 3. The smallest absolute Gasteiger partial charge is 0.276 e. The van der Waals surface area contributed by atoms with E-state index in [-0.39, 0.29) is 5.56 Å². The molecule has 3 aromatic rings. The monoisotopic (exact) mass is 308 g/mol. The SMILES string of the molecule is COc1ccc(-c2cc3nc(C)c(CCC#N)c(=O)n3[nH]2)cc1. The number of fused-ring (bicyclic) bond motifs is 1. The van der Waals surface area contributed by atoms with Gasteiger partial charge in [0.2, 0.25) is 0 Å². The molecule has 0 saturated carbocycles. The van der Waals surface area contributed by atoms with Crippen LogP contribution >= 0.6 is 0 Å². The third-order valence-electron chi connectivity index (χ3n) is 3.80. The molecule has 0 fully saturated rings. The first-order chi connectivity index (χ1) is 11.1. The number of benzene rings is 1. The van der Waals surface area contributed by atoms with Crippen LogP contribution in [0.25, 0.3) is 16.9 Å². The molecule has 0 amide bonds. The second-order valence-electron chi connectivity index (χ2n) is 5.23. The minimum Gasteiger partial charge on any atom is -0.497 e. The summed E-state index contributed by atoms with van der Waals surface area (Å²) >= 11 is 0. The largest absolute Gasteiger partial charge is 0.497 e. The van der Waals surface area contributed by atoms with Crippen molar-refractivity contribution in [1.82, 2.24) is 14.6 Å². The molecular formula is C17H16N4O2. The summed E-state index contributed by atoms with van der Waals surface area (Å²) in [7, 11) is 1.62.